The normalized spacial score (nSPS) is 31.5. The van der Waals surface area contributed by atoms with Crippen molar-refractivity contribution in [2.24, 2.45) is 11.8 Å². The minimum atomic E-state index is -0.828. The fourth-order valence-corrected chi connectivity index (χ4v) is 4.00. The monoisotopic (exact) mass is 281 g/mol. The third kappa shape index (κ3) is 2.99. The standard InChI is InChI=1S/C16H27NO3/c1-3-6-11(2)15(18)17-13-8-5-4-7-12(13)9-10-14(17)16(19)20/h11-14H,3-10H2,1-2H3,(H,19,20). The molecule has 2 rings (SSSR count). The summed E-state index contributed by atoms with van der Waals surface area (Å²) in [6.07, 6.45) is 7.90. The zero-order chi connectivity index (χ0) is 14.7. The first kappa shape index (κ1) is 15.3. The zero-order valence-corrected chi connectivity index (χ0v) is 12.7. The van der Waals surface area contributed by atoms with Crippen LogP contribution in [-0.2, 0) is 9.59 Å². The third-order valence-corrected chi connectivity index (χ3v) is 5.06. The number of hydrogen-bond donors (Lipinski definition) is 1. The number of piperidine rings is 1. The Hall–Kier alpha value is -1.06. The molecule has 2 aliphatic rings. The van der Waals surface area contributed by atoms with E-state index in [1.807, 2.05) is 6.92 Å². The van der Waals surface area contributed by atoms with Gasteiger partial charge >= 0.3 is 5.97 Å². The Morgan fingerprint density at radius 1 is 1.20 bits per heavy atom. The molecule has 0 radical (unpaired) electrons. The van der Waals surface area contributed by atoms with Gasteiger partial charge in [-0.1, -0.05) is 33.1 Å². The van der Waals surface area contributed by atoms with Gasteiger partial charge in [-0.3, -0.25) is 4.79 Å². The van der Waals surface area contributed by atoms with Crippen LogP contribution in [0.3, 0.4) is 0 Å². The van der Waals surface area contributed by atoms with Gasteiger partial charge < -0.3 is 10.0 Å². The van der Waals surface area contributed by atoms with E-state index in [0.717, 1.165) is 38.5 Å². The quantitative estimate of drug-likeness (QED) is 0.861. The molecule has 1 saturated carbocycles. The minimum Gasteiger partial charge on any atom is -0.480 e. The summed E-state index contributed by atoms with van der Waals surface area (Å²) in [7, 11) is 0. The molecule has 0 aromatic rings. The first-order chi connectivity index (χ1) is 9.56. The van der Waals surface area contributed by atoms with E-state index >= 15 is 0 Å². The number of amides is 1. The smallest absolute Gasteiger partial charge is 0.326 e. The Labute approximate surface area is 121 Å². The summed E-state index contributed by atoms with van der Waals surface area (Å²) in [5.41, 5.74) is 0. The topological polar surface area (TPSA) is 57.6 Å². The molecule has 0 spiro atoms. The molecule has 1 N–H and O–H groups in total. The highest BCUT2D eigenvalue weighted by molar-refractivity contribution is 5.85. The van der Waals surface area contributed by atoms with Crippen molar-refractivity contribution in [3.05, 3.63) is 0 Å². The van der Waals surface area contributed by atoms with Crippen LogP contribution >= 0.6 is 0 Å². The number of carbonyl (C=O) groups is 2. The Bertz CT molecular complexity index is 369. The largest absolute Gasteiger partial charge is 0.480 e. The number of aliphatic carboxylic acids is 1. The third-order valence-electron chi connectivity index (χ3n) is 5.06. The van der Waals surface area contributed by atoms with Crippen molar-refractivity contribution in [3.8, 4) is 0 Å². The van der Waals surface area contributed by atoms with Crippen LogP contribution in [0.4, 0.5) is 0 Å². The van der Waals surface area contributed by atoms with E-state index in [2.05, 4.69) is 6.92 Å². The predicted molar refractivity (Wildman–Crippen MR) is 77.3 cm³/mol. The molecule has 1 amide bonds. The van der Waals surface area contributed by atoms with Gasteiger partial charge in [0.05, 0.1) is 0 Å². The molecule has 0 bridgehead atoms. The van der Waals surface area contributed by atoms with Gasteiger partial charge in [-0.2, -0.15) is 0 Å². The van der Waals surface area contributed by atoms with Gasteiger partial charge in [0.25, 0.3) is 0 Å². The van der Waals surface area contributed by atoms with Crippen LogP contribution in [0.5, 0.6) is 0 Å². The molecule has 4 heteroatoms. The summed E-state index contributed by atoms with van der Waals surface area (Å²) < 4.78 is 0. The first-order valence-electron chi connectivity index (χ1n) is 8.11. The van der Waals surface area contributed by atoms with Crippen molar-refractivity contribution in [3.63, 3.8) is 0 Å². The molecule has 1 heterocycles. The first-order valence-corrected chi connectivity index (χ1v) is 8.11. The number of carbonyl (C=O) groups excluding carboxylic acids is 1. The molecule has 4 atom stereocenters. The number of hydrogen-bond acceptors (Lipinski definition) is 2. The molecular weight excluding hydrogens is 254 g/mol. The maximum absolute atomic E-state index is 12.7. The number of carboxylic acids is 1. The fraction of sp³-hybridized carbons (Fsp3) is 0.875. The summed E-state index contributed by atoms with van der Waals surface area (Å²) in [5, 5.41) is 9.47. The molecule has 2 fully saturated rings. The Morgan fingerprint density at radius 2 is 1.90 bits per heavy atom. The molecule has 1 aliphatic carbocycles. The Morgan fingerprint density at radius 3 is 2.55 bits per heavy atom. The van der Waals surface area contributed by atoms with E-state index in [0.29, 0.717) is 12.3 Å². The van der Waals surface area contributed by atoms with Crippen molar-refractivity contribution in [2.75, 3.05) is 0 Å². The molecule has 114 valence electrons. The summed E-state index contributed by atoms with van der Waals surface area (Å²) in [4.78, 5) is 26.0. The molecule has 0 aromatic heterocycles. The summed E-state index contributed by atoms with van der Waals surface area (Å²) >= 11 is 0. The average Bonchev–Trinajstić information content (AvgIpc) is 2.45. The summed E-state index contributed by atoms with van der Waals surface area (Å²) in [6, 6.07) is -0.424. The Kier molecular flexibility index (Phi) is 5.06. The number of carboxylic acid groups (broad SMARTS) is 1. The van der Waals surface area contributed by atoms with E-state index in [1.165, 1.54) is 6.42 Å². The fourth-order valence-electron chi connectivity index (χ4n) is 4.00. The van der Waals surface area contributed by atoms with Crippen LogP contribution in [0.15, 0.2) is 0 Å². The van der Waals surface area contributed by atoms with Crippen LogP contribution in [0.2, 0.25) is 0 Å². The molecule has 1 saturated heterocycles. The van der Waals surface area contributed by atoms with Crippen LogP contribution in [0.25, 0.3) is 0 Å². The zero-order valence-electron chi connectivity index (χ0n) is 12.7. The van der Waals surface area contributed by atoms with E-state index < -0.39 is 12.0 Å². The van der Waals surface area contributed by atoms with Crippen LogP contribution < -0.4 is 0 Å². The molecule has 20 heavy (non-hydrogen) atoms. The van der Waals surface area contributed by atoms with Gasteiger partial charge in [0, 0.05) is 12.0 Å². The lowest BCUT2D eigenvalue weighted by molar-refractivity contribution is -0.160. The van der Waals surface area contributed by atoms with Crippen LogP contribution in [0.1, 0.15) is 65.2 Å². The maximum atomic E-state index is 12.7. The molecule has 0 aromatic carbocycles. The number of likely N-dealkylation sites (tertiary alicyclic amines) is 1. The van der Waals surface area contributed by atoms with E-state index in [1.54, 1.807) is 4.90 Å². The lowest BCUT2D eigenvalue weighted by atomic mass is 9.75. The van der Waals surface area contributed by atoms with Gasteiger partial charge in [-0.05, 0) is 38.0 Å². The molecule has 1 aliphatic heterocycles. The van der Waals surface area contributed by atoms with Crippen molar-refractivity contribution in [1.29, 1.82) is 0 Å². The van der Waals surface area contributed by atoms with Gasteiger partial charge in [0.1, 0.15) is 6.04 Å². The van der Waals surface area contributed by atoms with Crippen LogP contribution in [0, 0.1) is 11.8 Å². The van der Waals surface area contributed by atoms with E-state index in [9.17, 15) is 14.7 Å². The van der Waals surface area contributed by atoms with Gasteiger partial charge in [0.2, 0.25) is 5.91 Å². The number of rotatable bonds is 4. The van der Waals surface area contributed by atoms with Crippen LogP contribution in [-0.4, -0.2) is 34.0 Å². The van der Waals surface area contributed by atoms with E-state index in [-0.39, 0.29) is 17.9 Å². The summed E-state index contributed by atoms with van der Waals surface area (Å²) in [5.74, 6) is -0.290. The highest BCUT2D eigenvalue weighted by atomic mass is 16.4. The minimum absolute atomic E-state index is 0.0532. The van der Waals surface area contributed by atoms with Crippen molar-refractivity contribution in [1.82, 2.24) is 4.90 Å². The SMILES string of the molecule is CCCC(C)C(=O)N1C(C(=O)O)CCC2CCCCC21. The second kappa shape index (κ2) is 6.59. The van der Waals surface area contributed by atoms with Gasteiger partial charge in [-0.15, -0.1) is 0 Å². The van der Waals surface area contributed by atoms with Crippen molar-refractivity contribution >= 4 is 11.9 Å². The number of fused-ring (bicyclic) bond motifs is 1. The van der Waals surface area contributed by atoms with Gasteiger partial charge in [0.15, 0.2) is 0 Å². The van der Waals surface area contributed by atoms with Gasteiger partial charge in [-0.25, -0.2) is 4.79 Å². The second-order valence-electron chi connectivity index (χ2n) is 6.48. The highest BCUT2D eigenvalue weighted by Crippen LogP contribution is 2.38. The second-order valence-corrected chi connectivity index (χ2v) is 6.48. The molecular formula is C16H27NO3. The van der Waals surface area contributed by atoms with Crippen molar-refractivity contribution in [2.45, 2.75) is 77.3 Å². The highest BCUT2D eigenvalue weighted by Gasteiger charge is 2.44. The lowest BCUT2D eigenvalue weighted by Gasteiger charge is -2.48. The molecule has 4 nitrogen and oxygen atoms in total. The summed E-state index contributed by atoms with van der Waals surface area (Å²) in [6.45, 7) is 4.01. The van der Waals surface area contributed by atoms with E-state index in [4.69, 9.17) is 0 Å². The maximum Gasteiger partial charge on any atom is 0.326 e. The lowest BCUT2D eigenvalue weighted by Crippen LogP contribution is -2.58. The Balaban J connectivity index is 2.20. The average molecular weight is 281 g/mol. The predicted octanol–water partition coefficient (Wildman–Crippen LogP) is 3.06. The number of nitrogens with zero attached hydrogens (tertiary/aromatic N) is 1. The van der Waals surface area contributed by atoms with Crippen molar-refractivity contribution < 1.29 is 14.7 Å². The molecule has 4 unspecified atom stereocenters.